The van der Waals surface area contributed by atoms with Gasteiger partial charge >= 0.3 is 5.97 Å². The van der Waals surface area contributed by atoms with Gasteiger partial charge in [0.05, 0.1) is 19.2 Å². The van der Waals surface area contributed by atoms with Gasteiger partial charge in [0.25, 0.3) is 15.9 Å². The summed E-state index contributed by atoms with van der Waals surface area (Å²) >= 11 is 1.02. The van der Waals surface area contributed by atoms with E-state index in [9.17, 15) is 22.4 Å². The Morgan fingerprint density at radius 1 is 1.17 bits per heavy atom. The molecule has 30 heavy (non-hydrogen) atoms. The number of rotatable bonds is 4. The lowest BCUT2D eigenvalue weighted by Gasteiger charge is -2.27. The number of fused-ring (bicyclic) bond motifs is 1. The Bertz CT molecular complexity index is 1110. The van der Waals surface area contributed by atoms with Gasteiger partial charge < -0.3 is 9.64 Å². The molecule has 1 fully saturated rings. The highest BCUT2D eigenvalue weighted by Gasteiger charge is 2.38. The van der Waals surface area contributed by atoms with Crippen molar-refractivity contribution in [1.82, 2.24) is 9.21 Å². The number of thiophene rings is 1. The molecule has 0 N–H and O–H groups in total. The average molecular weight is 453 g/mol. The number of sulfonamides is 1. The maximum Gasteiger partial charge on any atom is 0.340 e. The fourth-order valence-corrected chi connectivity index (χ4v) is 7.45. The van der Waals surface area contributed by atoms with Gasteiger partial charge in [-0.1, -0.05) is 6.07 Å². The van der Waals surface area contributed by atoms with E-state index in [1.807, 2.05) is 0 Å². The Morgan fingerprint density at radius 3 is 2.57 bits per heavy atom. The predicted octanol–water partition coefficient (Wildman–Crippen LogP) is 2.66. The summed E-state index contributed by atoms with van der Waals surface area (Å²) in [5.41, 5.74) is 0.934. The molecule has 10 heteroatoms. The predicted molar refractivity (Wildman–Crippen MR) is 108 cm³/mol. The van der Waals surface area contributed by atoms with E-state index >= 15 is 0 Å². The molecule has 0 unspecified atom stereocenters. The monoisotopic (exact) mass is 452 g/mol. The summed E-state index contributed by atoms with van der Waals surface area (Å²) in [7, 11) is -2.59. The lowest BCUT2D eigenvalue weighted by molar-refractivity contribution is 0.0595. The first-order valence-electron chi connectivity index (χ1n) is 9.60. The number of hydrogen-bond acceptors (Lipinski definition) is 6. The smallest absolute Gasteiger partial charge is 0.340 e. The Balaban J connectivity index is 1.70. The summed E-state index contributed by atoms with van der Waals surface area (Å²) in [6.45, 7) is 1.31. The number of hydrogen-bond donors (Lipinski definition) is 0. The van der Waals surface area contributed by atoms with Crippen molar-refractivity contribution in [1.29, 1.82) is 0 Å². The van der Waals surface area contributed by atoms with Crippen LogP contribution in [0.3, 0.4) is 0 Å². The second-order valence-corrected chi connectivity index (χ2v) is 10.5. The maximum absolute atomic E-state index is 13.5. The van der Waals surface area contributed by atoms with Crippen LogP contribution < -0.4 is 0 Å². The van der Waals surface area contributed by atoms with E-state index in [-0.39, 0.29) is 27.8 Å². The molecule has 1 amide bonds. The number of benzene rings is 1. The molecule has 0 atom stereocenters. The third kappa shape index (κ3) is 3.63. The number of esters is 1. The molecule has 160 valence electrons. The number of carbonyl (C=O) groups is 2. The summed E-state index contributed by atoms with van der Waals surface area (Å²) in [4.78, 5) is 27.5. The van der Waals surface area contributed by atoms with Gasteiger partial charge in [0.2, 0.25) is 0 Å². The largest absolute Gasteiger partial charge is 0.465 e. The van der Waals surface area contributed by atoms with E-state index in [4.69, 9.17) is 4.74 Å². The molecule has 4 rings (SSSR count). The molecule has 3 heterocycles. The van der Waals surface area contributed by atoms with Gasteiger partial charge in [0.15, 0.2) is 0 Å². The van der Waals surface area contributed by atoms with Gasteiger partial charge in [-0.15, -0.1) is 11.3 Å². The Morgan fingerprint density at radius 2 is 1.90 bits per heavy atom. The quantitative estimate of drug-likeness (QED) is 0.666. The van der Waals surface area contributed by atoms with Crippen LogP contribution in [0.4, 0.5) is 4.39 Å². The molecule has 2 aliphatic heterocycles. The van der Waals surface area contributed by atoms with Crippen molar-refractivity contribution in [3.8, 4) is 0 Å². The van der Waals surface area contributed by atoms with Gasteiger partial charge in [-0.3, -0.25) is 4.79 Å². The number of amides is 1. The van der Waals surface area contributed by atoms with Crippen molar-refractivity contribution in [3.05, 3.63) is 51.7 Å². The summed E-state index contributed by atoms with van der Waals surface area (Å²) in [6, 6.07) is 5.45. The third-order valence-corrected chi connectivity index (χ3v) is 9.02. The van der Waals surface area contributed by atoms with Crippen molar-refractivity contribution in [2.24, 2.45) is 0 Å². The standard InChI is InChI=1S/C20H21FN2O5S2/c1-28-19(25)17-15-7-10-22(18(24)13-5-4-6-14(21)11-13)12-16(15)29-20(17)30(26,27)23-8-2-3-9-23/h4-6,11H,2-3,7-10,12H2,1H3. The average Bonchev–Trinajstić information content (AvgIpc) is 3.41. The van der Waals surface area contributed by atoms with Crippen LogP contribution in [-0.2, 0) is 27.7 Å². The van der Waals surface area contributed by atoms with Gasteiger partial charge in [0, 0.05) is 30.1 Å². The minimum atomic E-state index is -3.82. The fourth-order valence-electron chi connectivity index (χ4n) is 3.89. The molecule has 0 saturated carbocycles. The fraction of sp³-hybridized carbons (Fsp3) is 0.400. The number of halogens is 1. The van der Waals surface area contributed by atoms with Crippen molar-refractivity contribution in [2.75, 3.05) is 26.7 Å². The summed E-state index contributed by atoms with van der Waals surface area (Å²) in [5, 5.41) is 0. The first-order valence-corrected chi connectivity index (χ1v) is 11.9. The van der Waals surface area contributed by atoms with Gasteiger partial charge in [-0.25, -0.2) is 17.6 Å². The highest BCUT2D eigenvalue weighted by molar-refractivity contribution is 7.91. The van der Waals surface area contributed by atoms with Crippen molar-refractivity contribution in [3.63, 3.8) is 0 Å². The normalized spacial score (nSPS) is 17.1. The zero-order valence-corrected chi connectivity index (χ0v) is 18.0. The molecular formula is C20H21FN2O5S2. The first kappa shape index (κ1) is 21.0. The zero-order valence-electron chi connectivity index (χ0n) is 16.4. The van der Waals surface area contributed by atoms with Gasteiger partial charge in [-0.05, 0) is 43.0 Å². The zero-order chi connectivity index (χ0) is 21.5. The second kappa shape index (κ2) is 8.09. The molecule has 7 nitrogen and oxygen atoms in total. The van der Waals surface area contributed by atoms with Crippen LogP contribution in [0.15, 0.2) is 28.5 Å². The summed E-state index contributed by atoms with van der Waals surface area (Å²) in [5.74, 6) is -1.52. The topological polar surface area (TPSA) is 84.0 Å². The molecule has 0 aliphatic carbocycles. The Kier molecular flexibility index (Phi) is 5.65. The molecule has 1 saturated heterocycles. The van der Waals surface area contributed by atoms with Crippen LogP contribution in [0.1, 0.15) is 44.0 Å². The molecular weight excluding hydrogens is 431 g/mol. The van der Waals surface area contributed by atoms with E-state index in [0.29, 0.717) is 36.5 Å². The van der Waals surface area contributed by atoms with Crippen LogP contribution in [0.5, 0.6) is 0 Å². The minimum absolute atomic E-state index is 0.0127. The number of ether oxygens (including phenoxy) is 1. The third-order valence-electron chi connectivity index (χ3n) is 5.41. The lowest BCUT2D eigenvalue weighted by Crippen LogP contribution is -2.35. The summed E-state index contributed by atoms with van der Waals surface area (Å²) in [6.07, 6.45) is 1.90. The van der Waals surface area contributed by atoms with Crippen LogP contribution in [-0.4, -0.2) is 56.2 Å². The van der Waals surface area contributed by atoms with Crippen molar-refractivity contribution in [2.45, 2.75) is 30.0 Å². The molecule has 0 bridgehead atoms. The van der Waals surface area contributed by atoms with Crippen LogP contribution in [0, 0.1) is 5.82 Å². The van der Waals surface area contributed by atoms with Crippen molar-refractivity contribution >= 4 is 33.2 Å². The van der Waals surface area contributed by atoms with Crippen LogP contribution in [0.25, 0.3) is 0 Å². The molecule has 1 aromatic carbocycles. The molecule has 1 aromatic heterocycles. The van der Waals surface area contributed by atoms with Gasteiger partial charge in [0.1, 0.15) is 10.0 Å². The SMILES string of the molecule is COC(=O)c1c(S(=O)(=O)N2CCCC2)sc2c1CCN(C(=O)c1cccc(F)c1)C2. The van der Waals surface area contributed by atoms with Crippen LogP contribution in [0.2, 0.25) is 0 Å². The lowest BCUT2D eigenvalue weighted by atomic mass is 10.0. The number of methoxy groups -OCH3 is 1. The highest BCUT2D eigenvalue weighted by Crippen LogP contribution is 2.39. The van der Waals surface area contributed by atoms with E-state index in [0.717, 1.165) is 24.2 Å². The Hall–Kier alpha value is -2.30. The van der Waals surface area contributed by atoms with E-state index < -0.39 is 21.8 Å². The number of nitrogens with zero attached hydrogens (tertiary/aromatic N) is 2. The first-order chi connectivity index (χ1) is 14.3. The highest BCUT2D eigenvalue weighted by atomic mass is 32.2. The van der Waals surface area contributed by atoms with E-state index in [2.05, 4.69) is 0 Å². The molecule has 2 aromatic rings. The maximum atomic E-state index is 13.5. The van der Waals surface area contributed by atoms with Crippen molar-refractivity contribution < 1.29 is 27.1 Å². The summed E-state index contributed by atoms with van der Waals surface area (Å²) < 4.78 is 46.1. The molecule has 0 radical (unpaired) electrons. The molecule has 0 spiro atoms. The van der Waals surface area contributed by atoms with Crippen LogP contribution >= 0.6 is 11.3 Å². The molecule has 2 aliphatic rings. The Labute approximate surface area is 178 Å². The minimum Gasteiger partial charge on any atom is -0.465 e. The van der Waals surface area contributed by atoms with E-state index in [1.54, 1.807) is 11.0 Å². The van der Waals surface area contributed by atoms with E-state index in [1.165, 1.54) is 29.6 Å². The van der Waals surface area contributed by atoms with Gasteiger partial charge in [-0.2, -0.15) is 4.31 Å². The second-order valence-electron chi connectivity index (χ2n) is 7.26. The number of carbonyl (C=O) groups excluding carboxylic acids is 2.